The Morgan fingerprint density at radius 3 is 1.57 bits per heavy atom. The van der Waals surface area contributed by atoms with E-state index < -0.39 is 0 Å². The monoisotopic (exact) mass is 681 g/mol. The van der Waals surface area contributed by atoms with Crippen LogP contribution in [0.4, 0.5) is 0 Å². The van der Waals surface area contributed by atoms with Crippen molar-refractivity contribution in [3.8, 4) is 0 Å². The molecule has 0 heteroatoms. The summed E-state index contributed by atoms with van der Waals surface area (Å²) in [5, 5.41) is 0. The Morgan fingerprint density at radius 2 is 1.18 bits per heavy atom. The minimum absolute atomic E-state index is 0. The lowest BCUT2D eigenvalue weighted by Gasteiger charge is -2.27. The van der Waals surface area contributed by atoms with Crippen LogP contribution in [0, 0.1) is 37.5 Å². The third kappa shape index (κ3) is 29.4. The lowest BCUT2D eigenvalue weighted by molar-refractivity contribution is 0.346. The van der Waals surface area contributed by atoms with Crippen LogP contribution >= 0.6 is 0 Å². The number of allylic oxidation sites excluding steroid dienone is 2. The van der Waals surface area contributed by atoms with Crippen LogP contribution in [0.3, 0.4) is 0 Å². The second-order valence-corrected chi connectivity index (χ2v) is 13.7. The molecule has 2 aromatic rings. The number of benzene rings is 2. The lowest BCUT2D eigenvalue weighted by atomic mass is 9.78. The molecule has 0 bridgehead atoms. The van der Waals surface area contributed by atoms with E-state index >= 15 is 0 Å². The molecule has 0 radical (unpaired) electrons. The molecular weight excluding hydrogens is 589 g/mol. The molecule has 1 fully saturated rings. The molecule has 0 saturated heterocycles. The van der Waals surface area contributed by atoms with Crippen LogP contribution < -0.4 is 0 Å². The lowest BCUT2D eigenvalue weighted by Crippen LogP contribution is -2.14. The molecule has 1 aliphatic rings. The average Bonchev–Trinajstić information content (AvgIpc) is 3.08. The van der Waals surface area contributed by atoms with E-state index in [9.17, 15) is 0 Å². The molecule has 0 heterocycles. The molecule has 0 unspecified atom stereocenters. The van der Waals surface area contributed by atoms with Crippen molar-refractivity contribution in [2.45, 2.75) is 196 Å². The highest BCUT2D eigenvalue weighted by atomic mass is 14.3. The van der Waals surface area contributed by atoms with Gasteiger partial charge in [-0.15, -0.1) is 6.58 Å². The Kier molecular flexibility index (Phi) is 44.5. The quantitative estimate of drug-likeness (QED) is 0.231. The maximum Gasteiger partial charge on any atom is -0.0193 e. The van der Waals surface area contributed by atoms with Gasteiger partial charge >= 0.3 is 0 Å². The van der Waals surface area contributed by atoms with Crippen LogP contribution in [0.1, 0.15) is 197 Å². The van der Waals surface area contributed by atoms with Gasteiger partial charge in [-0.05, 0) is 117 Å². The van der Waals surface area contributed by atoms with Crippen LogP contribution in [0.15, 0.2) is 54.6 Å². The Hall–Kier alpha value is -2.08. The zero-order valence-corrected chi connectivity index (χ0v) is 36.2. The molecule has 3 rings (SSSR count). The van der Waals surface area contributed by atoms with Crippen molar-refractivity contribution in [2.75, 3.05) is 0 Å². The second kappa shape index (κ2) is 38.7. The topological polar surface area (TPSA) is 0 Å². The predicted octanol–water partition coefficient (Wildman–Crippen LogP) is 17.3. The first-order valence-electron chi connectivity index (χ1n) is 20.4. The van der Waals surface area contributed by atoms with E-state index in [4.69, 9.17) is 0 Å². The van der Waals surface area contributed by atoms with E-state index in [0.717, 1.165) is 23.7 Å². The van der Waals surface area contributed by atoms with Crippen LogP contribution in [-0.4, -0.2) is 0 Å². The first-order valence-corrected chi connectivity index (χ1v) is 20.4. The van der Waals surface area contributed by atoms with Gasteiger partial charge in [0, 0.05) is 0 Å². The third-order valence-electron chi connectivity index (χ3n) is 7.58. The Bertz CT molecular complexity index is 975. The van der Waals surface area contributed by atoms with Crippen molar-refractivity contribution < 1.29 is 0 Å². The highest BCUT2D eigenvalue weighted by Gasteiger charge is 2.21. The van der Waals surface area contributed by atoms with Gasteiger partial charge in [0.05, 0.1) is 0 Å². The molecule has 0 aromatic heterocycles. The van der Waals surface area contributed by atoms with Crippen molar-refractivity contribution >= 4 is 6.08 Å². The van der Waals surface area contributed by atoms with Gasteiger partial charge in [-0.2, -0.15) is 0 Å². The molecule has 0 spiro atoms. The second-order valence-electron chi connectivity index (χ2n) is 13.7. The van der Waals surface area contributed by atoms with Gasteiger partial charge in [-0.1, -0.05) is 190 Å². The van der Waals surface area contributed by atoms with Gasteiger partial charge in [-0.3, -0.25) is 0 Å². The van der Waals surface area contributed by atoms with E-state index in [1.807, 2.05) is 41.5 Å². The van der Waals surface area contributed by atoms with Crippen molar-refractivity contribution in [1.29, 1.82) is 0 Å². The highest BCUT2D eigenvalue weighted by Crippen LogP contribution is 2.35. The van der Waals surface area contributed by atoms with Crippen molar-refractivity contribution in [1.82, 2.24) is 0 Å². The number of hydrogen-bond donors (Lipinski definition) is 0. The Morgan fingerprint density at radius 1 is 0.735 bits per heavy atom. The van der Waals surface area contributed by atoms with Crippen LogP contribution in [0.25, 0.3) is 6.08 Å². The summed E-state index contributed by atoms with van der Waals surface area (Å²) in [6, 6.07) is 13.5. The zero-order valence-electron chi connectivity index (χ0n) is 36.2. The first kappa shape index (κ1) is 56.3. The first-order chi connectivity index (χ1) is 22.9. The molecule has 0 N–H and O–H groups in total. The SMILES string of the molecule is C.C=CC1CCC(/C(C)=C/c2c(C)ccc(CCC)c2CCC)CC1.CC.CC.CC.CC(C)C.CCC.Cc1ccc(CC(C)C)cc1. The predicted molar refractivity (Wildman–Crippen MR) is 235 cm³/mol. The molecule has 0 aliphatic heterocycles. The fourth-order valence-corrected chi connectivity index (χ4v) is 5.43. The van der Waals surface area contributed by atoms with Crippen molar-refractivity contribution in [3.05, 3.63) is 88.0 Å². The average molecular weight is 681 g/mol. The molecular formula is C49H92. The summed E-state index contributed by atoms with van der Waals surface area (Å²) in [7, 11) is 0. The standard InChI is InChI=1S/C24H36.C11H16.C4H10.C3H8.3C2H6.CH4/c1-6-9-22-14-11-18(4)24(23(22)10-7-2)17-19(5)21-15-12-20(8-3)13-16-21;1-9(2)8-11-6-4-10(3)5-7-11;1-4(2)3;1-3-2;3*1-2;/h8,11,14,17,20-21H,3,6-7,9-10,12-13,15-16H2,1-2,4-5H3;4-7,9H,8H2,1-3H3;4H,1-3H3;3H2,1-2H3;3*1-2H3;1H4/b19-17+;;;;;;;. The van der Waals surface area contributed by atoms with Crippen molar-refractivity contribution in [3.63, 3.8) is 0 Å². The molecule has 288 valence electrons. The van der Waals surface area contributed by atoms with Crippen molar-refractivity contribution in [2.24, 2.45) is 23.7 Å². The summed E-state index contributed by atoms with van der Waals surface area (Å²) in [6.07, 6.45) is 17.3. The van der Waals surface area contributed by atoms with Gasteiger partial charge in [-0.25, -0.2) is 0 Å². The van der Waals surface area contributed by atoms with E-state index in [1.54, 1.807) is 16.7 Å². The van der Waals surface area contributed by atoms with Crippen LogP contribution in [0.2, 0.25) is 0 Å². The van der Waals surface area contributed by atoms with E-state index in [2.05, 4.69) is 138 Å². The van der Waals surface area contributed by atoms with E-state index in [0.29, 0.717) is 0 Å². The summed E-state index contributed by atoms with van der Waals surface area (Å²) in [5.41, 5.74) is 10.5. The molecule has 49 heavy (non-hydrogen) atoms. The molecule has 0 nitrogen and oxygen atoms in total. The fraction of sp³-hybridized carbons (Fsp3) is 0.673. The largest absolute Gasteiger partial charge is 0.103 e. The normalized spacial score (nSPS) is 14.5. The number of hydrogen-bond acceptors (Lipinski definition) is 0. The highest BCUT2D eigenvalue weighted by molar-refractivity contribution is 5.62. The molecule has 1 saturated carbocycles. The molecule has 0 amide bonds. The molecule has 1 aliphatic carbocycles. The summed E-state index contributed by atoms with van der Waals surface area (Å²) in [5.74, 6) is 3.11. The van der Waals surface area contributed by atoms with E-state index in [-0.39, 0.29) is 7.43 Å². The molecule has 2 aromatic carbocycles. The van der Waals surface area contributed by atoms with Gasteiger partial charge in [0.2, 0.25) is 0 Å². The third-order valence-corrected chi connectivity index (χ3v) is 7.58. The zero-order chi connectivity index (χ0) is 38.1. The summed E-state index contributed by atoms with van der Waals surface area (Å²) in [6.45, 7) is 42.6. The van der Waals surface area contributed by atoms with Gasteiger partial charge in [0.15, 0.2) is 0 Å². The molecule has 0 atom stereocenters. The fourth-order valence-electron chi connectivity index (χ4n) is 5.43. The Balaban J connectivity index is -0.000000215. The summed E-state index contributed by atoms with van der Waals surface area (Å²) in [4.78, 5) is 0. The maximum absolute atomic E-state index is 3.98. The smallest absolute Gasteiger partial charge is 0.0193 e. The van der Waals surface area contributed by atoms with E-state index in [1.165, 1.54) is 86.5 Å². The van der Waals surface area contributed by atoms with Crippen LogP contribution in [-0.2, 0) is 19.3 Å². The van der Waals surface area contributed by atoms with Crippen LogP contribution in [0.5, 0.6) is 0 Å². The minimum Gasteiger partial charge on any atom is -0.103 e. The maximum atomic E-state index is 3.98. The number of aryl methyl sites for hydroxylation is 3. The minimum atomic E-state index is 0. The summed E-state index contributed by atoms with van der Waals surface area (Å²) >= 11 is 0. The van der Waals surface area contributed by atoms with Gasteiger partial charge in [0.25, 0.3) is 0 Å². The Labute approximate surface area is 313 Å². The summed E-state index contributed by atoms with van der Waals surface area (Å²) < 4.78 is 0. The number of rotatable bonds is 9. The van der Waals surface area contributed by atoms with Gasteiger partial charge < -0.3 is 0 Å². The van der Waals surface area contributed by atoms with Gasteiger partial charge in [0.1, 0.15) is 0 Å².